The maximum Gasteiger partial charge on any atom is 0.220 e. The highest BCUT2D eigenvalue weighted by molar-refractivity contribution is 7.80. The van der Waals surface area contributed by atoms with Gasteiger partial charge in [-0.15, -0.1) is 0 Å². The summed E-state index contributed by atoms with van der Waals surface area (Å²) in [5, 5.41) is 0.549. The lowest BCUT2D eigenvalue weighted by Crippen LogP contribution is -2.37. The van der Waals surface area contributed by atoms with Crippen LogP contribution in [-0.2, 0) is 4.79 Å². The van der Waals surface area contributed by atoms with Gasteiger partial charge in [0.15, 0.2) is 0 Å². The molecule has 16 heavy (non-hydrogen) atoms. The van der Waals surface area contributed by atoms with Gasteiger partial charge in [0, 0.05) is 24.6 Å². The molecule has 1 aromatic carbocycles. The van der Waals surface area contributed by atoms with E-state index in [1.165, 1.54) is 11.8 Å². The fraction of sp³-hybridized carbons (Fsp3) is 0.273. The van der Waals surface area contributed by atoms with Crippen LogP contribution in [0.5, 0.6) is 0 Å². The van der Waals surface area contributed by atoms with Gasteiger partial charge in [-0.25, -0.2) is 0 Å². The van der Waals surface area contributed by atoms with E-state index in [0.29, 0.717) is 5.02 Å². The zero-order valence-corrected chi connectivity index (χ0v) is 10.7. The molecule has 1 rings (SSSR count). The number of nitrogens with zero attached hydrogens (tertiary/aromatic N) is 1. The molecule has 0 aliphatic heterocycles. The first kappa shape index (κ1) is 12.9. The van der Waals surface area contributed by atoms with Gasteiger partial charge in [-0.2, -0.15) is 0 Å². The van der Waals surface area contributed by atoms with Gasteiger partial charge in [-0.3, -0.25) is 4.79 Å². The number of likely N-dealkylation sites (N-methyl/N-ethyl adjacent to an activating group) is 1. The molecule has 1 atom stereocenters. The summed E-state index contributed by atoms with van der Waals surface area (Å²) in [4.78, 5) is 13.0. The molecule has 0 radical (unpaired) electrons. The minimum absolute atomic E-state index is 0.113. The lowest BCUT2D eigenvalue weighted by Gasteiger charge is -2.27. The second kappa shape index (κ2) is 5.27. The second-order valence-corrected chi connectivity index (χ2v) is 4.33. The largest absolute Gasteiger partial charge is 0.391 e. The minimum Gasteiger partial charge on any atom is -0.391 e. The Morgan fingerprint density at radius 1 is 1.50 bits per heavy atom. The Bertz CT molecular complexity index is 422. The van der Waals surface area contributed by atoms with Gasteiger partial charge >= 0.3 is 0 Å². The highest BCUT2D eigenvalue weighted by Gasteiger charge is 2.23. The molecule has 5 heteroatoms. The molecule has 0 aliphatic rings. The van der Waals surface area contributed by atoms with Crippen LogP contribution in [0.25, 0.3) is 0 Å². The Labute approximate surface area is 105 Å². The van der Waals surface area contributed by atoms with Gasteiger partial charge in [-0.1, -0.05) is 42.0 Å². The van der Waals surface area contributed by atoms with Gasteiger partial charge < -0.3 is 10.6 Å². The summed E-state index contributed by atoms with van der Waals surface area (Å²) in [5.41, 5.74) is 6.40. The molecule has 86 valence electrons. The molecule has 0 aliphatic carbocycles. The zero-order valence-electron chi connectivity index (χ0n) is 9.11. The van der Waals surface area contributed by atoms with E-state index in [1.807, 2.05) is 18.2 Å². The Balaban J connectivity index is 3.18. The van der Waals surface area contributed by atoms with Crippen LogP contribution in [0.4, 0.5) is 0 Å². The normalized spacial score (nSPS) is 11.9. The molecule has 0 saturated heterocycles. The summed E-state index contributed by atoms with van der Waals surface area (Å²) in [6, 6.07) is 6.75. The van der Waals surface area contributed by atoms with Crippen molar-refractivity contribution >= 4 is 34.7 Å². The number of amides is 1. The van der Waals surface area contributed by atoms with Gasteiger partial charge in [0.05, 0.1) is 0 Å². The van der Waals surface area contributed by atoms with Crippen molar-refractivity contribution in [2.24, 2.45) is 5.73 Å². The van der Waals surface area contributed by atoms with Crippen LogP contribution in [0, 0.1) is 0 Å². The lowest BCUT2D eigenvalue weighted by molar-refractivity contribution is -0.128. The molecule has 0 aromatic heterocycles. The van der Waals surface area contributed by atoms with Crippen LogP contribution in [0.3, 0.4) is 0 Å². The third kappa shape index (κ3) is 2.71. The van der Waals surface area contributed by atoms with Crippen LogP contribution < -0.4 is 5.73 Å². The van der Waals surface area contributed by atoms with Crippen molar-refractivity contribution in [3.63, 3.8) is 0 Å². The predicted octanol–water partition coefficient (Wildman–Crippen LogP) is 2.15. The average Bonchev–Trinajstić information content (AvgIpc) is 2.20. The highest BCUT2D eigenvalue weighted by Crippen LogP contribution is 2.26. The fourth-order valence-corrected chi connectivity index (χ4v) is 1.96. The highest BCUT2D eigenvalue weighted by atomic mass is 35.5. The third-order valence-corrected chi connectivity index (χ3v) is 2.92. The zero-order chi connectivity index (χ0) is 12.3. The average molecular weight is 257 g/mol. The molecule has 3 nitrogen and oxygen atoms in total. The number of nitrogens with two attached hydrogens (primary N) is 1. The van der Waals surface area contributed by atoms with Crippen molar-refractivity contribution in [1.82, 2.24) is 4.90 Å². The fourth-order valence-electron chi connectivity index (χ4n) is 1.43. The summed E-state index contributed by atoms with van der Waals surface area (Å²) in [6.45, 7) is 1.46. The minimum atomic E-state index is -0.457. The molecule has 0 bridgehead atoms. The first-order valence-corrected chi connectivity index (χ1v) is 5.51. The number of rotatable bonds is 3. The molecule has 0 heterocycles. The van der Waals surface area contributed by atoms with Gasteiger partial charge in [0.25, 0.3) is 0 Å². The molecule has 1 unspecified atom stereocenters. The number of benzene rings is 1. The van der Waals surface area contributed by atoms with Crippen molar-refractivity contribution in [2.45, 2.75) is 13.0 Å². The van der Waals surface area contributed by atoms with Crippen LogP contribution in [0.2, 0.25) is 5.02 Å². The van der Waals surface area contributed by atoms with Crippen molar-refractivity contribution in [3.05, 3.63) is 34.9 Å². The van der Waals surface area contributed by atoms with Gasteiger partial charge in [0.1, 0.15) is 11.0 Å². The van der Waals surface area contributed by atoms with Crippen molar-refractivity contribution in [2.75, 3.05) is 7.05 Å². The summed E-state index contributed by atoms with van der Waals surface area (Å²) >= 11 is 11.0. The predicted molar refractivity (Wildman–Crippen MR) is 69.4 cm³/mol. The van der Waals surface area contributed by atoms with E-state index in [2.05, 4.69) is 0 Å². The molecular formula is C11H13ClN2OS. The van der Waals surface area contributed by atoms with Crippen molar-refractivity contribution in [1.29, 1.82) is 0 Å². The number of halogens is 1. The van der Waals surface area contributed by atoms with E-state index in [9.17, 15) is 4.79 Å². The lowest BCUT2D eigenvalue weighted by atomic mass is 10.1. The molecule has 0 saturated carbocycles. The quantitative estimate of drug-likeness (QED) is 0.843. The Hall–Kier alpha value is -1.13. The van der Waals surface area contributed by atoms with E-state index >= 15 is 0 Å². The molecule has 0 fully saturated rings. The van der Waals surface area contributed by atoms with E-state index in [4.69, 9.17) is 29.6 Å². The smallest absolute Gasteiger partial charge is 0.220 e. The summed E-state index contributed by atoms with van der Waals surface area (Å²) < 4.78 is 0. The standard InChI is InChI=1S/C11H13ClN2OS/c1-7(15)14(2)10(11(13)16)8-5-3-4-6-9(8)12/h3-6,10H,1-2H3,(H2,13,16). The van der Waals surface area contributed by atoms with E-state index < -0.39 is 6.04 Å². The number of thiocarbonyl (C=S) groups is 1. The Morgan fingerprint density at radius 3 is 2.50 bits per heavy atom. The Morgan fingerprint density at radius 2 is 2.06 bits per heavy atom. The van der Waals surface area contributed by atoms with E-state index in [1.54, 1.807) is 13.1 Å². The summed E-state index contributed by atoms with van der Waals surface area (Å²) in [5.74, 6) is -0.113. The number of carbonyl (C=O) groups excluding carboxylic acids is 1. The SMILES string of the molecule is CC(=O)N(C)C(C(N)=S)c1ccccc1Cl. The Kier molecular flexibility index (Phi) is 4.26. The molecular weight excluding hydrogens is 244 g/mol. The maximum absolute atomic E-state index is 11.3. The third-order valence-electron chi connectivity index (χ3n) is 2.35. The van der Waals surface area contributed by atoms with Crippen LogP contribution >= 0.6 is 23.8 Å². The monoisotopic (exact) mass is 256 g/mol. The van der Waals surface area contributed by atoms with Crippen LogP contribution in [-0.4, -0.2) is 22.8 Å². The number of hydrogen-bond acceptors (Lipinski definition) is 2. The van der Waals surface area contributed by atoms with Crippen LogP contribution in [0.15, 0.2) is 24.3 Å². The summed E-state index contributed by atoms with van der Waals surface area (Å²) in [7, 11) is 1.65. The maximum atomic E-state index is 11.3. The molecule has 0 spiro atoms. The first-order valence-electron chi connectivity index (χ1n) is 4.72. The van der Waals surface area contributed by atoms with Gasteiger partial charge in [0.2, 0.25) is 5.91 Å². The van der Waals surface area contributed by atoms with Gasteiger partial charge in [-0.05, 0) is 6.07 Å². The van der Waals surface area contributed by atoms with Crippen molar-refractivity contribution < 1.29 is 4.79 Å². The number of hydrogen-bond donors (Lipinski definition) is 1. The molecule has 1 aromatic rings. The van der Waals surface area contributed by atoms with Crippen molar-refractivity contribution in [3.8, 4) is 0 Å². The summed E-state index contributed by atoms with van der Waals surface area (Å²) in [6.07, 6.45) is 0. The van der Waals surface area contributed by atoms with E-state index in [0.717, 1.165) is 5.56 Å². The molecule has 2 N–H and O–H groups in total. The molecule has 1 amide bonds. The van der Waals surface area contributed by atoms with Crippen LogP contribution in [0.1, 0.15) is 18.5 Å². The number of carbonyl (C=O) groups is 1. The van der Waals surface area contributed by atoms with E-state index in [-0.39, 0.29) is 10.9 Å². The second-order valence-electron chi connectivity index (χ2n) is 3.46. The first-order chi connectivity index (χ1) is 7.45. The topological polar surface area (TPSA) is 46.3 Å².